The molecule has 0 radical (unpaired) electrons. The first-order chi connectivity index (χ1) is 14.2. The Morgan fingerprint density at radius 1 is 0.897 bits per heavy atom. The van der Waals surface area contributed by atoms with Crippen LogP contribution in [0.15, 0.2) is 60.9 Å². The van der Waals surface area contributed by atoms with Crippen molar-refractivity contribution in [2.24, 2.45) is 0 Å². The predicted octanol–water partition coefficient (Wildman–Crippen LogP) is 6.72. The van der Waals surface area contributed by atoms with E-state index in [-0.39, 0.29) is 0 Å². The molecule has 0 aliphatic heterocycles. The van der Waals surface area contributed by atoms with E-state index in [1.165, 1.54) is 12.0 Å². The minimum absolute atomic E-state index is 0.354. The van der Waals surface area contributed by atoms with Gasteiger partial charge in [-0.25, -0.2) is 9.50 Å². The smallest absolute Gasteiger partial charge is 0.166 e. The van der Waals surface area contributed by atoms with Crippen molar-refractivity contribution < 1.29 is 0 Å². The number of hydrogen-bond donors (Lipinski definition) is 0. The van der Waals surface area contributed by atoms with Crippen LogP contribution in [0.5, 0.6) is 0 Å². The summed E-state index contributed by atoms with van der Waals surface area (Å²) >= 11 is 13.4. The van der Waals surface area contributed by atoms with Crippen molar-refractivity contribution in [2.45, 2.75) is 25.7 Å². The molecule has 0 atom stereocenters. The highest BCUT2D eigenvalue weighted by molar-refractivity contribution is 6.38. The van der Waals surface area contributed by atoms with Gasteiger partial charge in [0.15, 0.2) is 5.65 Å². The van der Waals surface area contributed by atoms with E-state index in [9.17, 15) is 0 Å². The number of pyridine rings is 1. The van der Waals surface area contributed by atoms with E-state index in [0.29, 0.717) is 21.5 Å². The van der Waals surface area contributed by atoms with Crippen LogP contribution in [0, 0.1) is 0 Å². The molecule has 0 saturated carbocycles. The molecule has 3 aromatic heterocycles. The van der Waals surface area contributed by atoms with Crippen molar-refractivity contribution in [2.75, 3.05) is 0 Å². The molecular weight excluding hydrogens is 403 g/mol. The molecule has 0 bridgehead atoms. The maximum absolute atomic E-state index is 6.82. The van der Waals surface area contributed by atoms with E-state index >= 15 is 0 Å². The molecule has 6 heteroatoms. The van der Waals surface area contributed by atoms with Crippen LogP contribution in [0.1, 0.15) is 31.2 Å². The Labute approximate surface area is 178 Å². The molecular formula is C23H18Cl2N4. The van der Waals surface area contributed by atoms with E-state index in [0.717, 1.165) is 41.6 Å². The number of benzene rings is 1. The Bertz CT molecular complexity index is 1210. The van der Waals surface area contributed by atoms with Gasteiger partial charge in [-0.3, -0.25) is 4.98 Å². The fraction of sp³-hybridized carbons (Fsp3) is 0.174. The molecule has 3 heterocycles. The second-order valence-electron chi connectivity index (χ2n) is 7.11. The predicted molar refractivity (Wildman–Crippen MR) is 118 cm³/mol. The van der Waals surface area contributed by atoms with Crippen LogP contribution >= 0.6 is 23.2 Å². The highest BCUT2D eigenvalue weighted by Gasteiger charge is 2.24. The standard InChI is InChI=1S/C23H18Cl2N4/c24-21-19(17-12-7-13-26-14-17)22(25)29-23(27-21)18(15-8-3-1-4-9-15)20(28-29)16-10-5-2-6-11-16/h2,5-8,10-14H,1,3-4,9H2. The summed E-state index contributed by atoms with van der Waals surface area (Å²) < 4.78 is 1.71. The van der Waals surface area contributed by atoms with Crippen molar-refractivity contribution in [3.05, 3.63) is 76.8 Å². The molecule has 144 valence electrons. The summed E-state index contributed by atoms with van der Waals surface area (Å²) in [4.78, 5) is 8.93. The monoisotopic (exact) mass is 420 g/mol. The van der Waals surface area contributed by atoms with Crippen LogP contribution in [-0.4, -0.2) is 19.6 Å². The second kappa shape index (κ2) is 7.62. The fourth-order valence-electron chi connectivity index (χ4n) is 3.90. The lowest BCUT2D eigenvalue weighted by molar-refractivity contribution is 0.742. The molecule has 29 heavy (non-hydrogen) atoms. The number of fused-ring (bicyclic) bond motifs is 1. The van der Waals surface area contributed by atoms with Gasteiger partial charge in [0.05, 0.1) is 11.1 Å². The van der Waals surface area contributed by atoms with Crippen LogP contribution in [0.25, 0.3) is 33.6 Å². The number of allylic oxidation sites excluding steroid dienone is 2. The van der Waals surface area contributed by atoms with Crippen molar-refractivity contribution >= 4 is 34.4 Å². The topological polar surface area (TPSA) is 43.1 Å². The van der Waals surface area contributed by atoms with Gasteiger partial charge in [-0.15, -0.1) is 0 Å². The summed E-state index contributed by atoms with van der Waals surface area (Å²) in [6.07, 6.45) is 10.2. The zero-order valence-corrected chi connectivity index (χ0v) is 17.2. The van der Waals surface area contributed by atoms with Crippen LogP contribution in [0.2, 0.25) is 10.3 Å². The summed E-state index contributed by atoms with van der Waals surface area (Å²) in [6, 6.07) is 13.9. The van der Waals surface area contributed by atoms with Crippen molar-refractivity contribution in [3.63, 3.8) is 0 Å². The zero-order chi connectivity index (χ0) is 19.8. The summed E-state index contributed by atoms with van der Waals surface area (Å²) in [6.45, 7) is 0. The molecule has 4 aromatic rings. The lowest BCUT2D eigenvalue weighted by Crippen LogP contribution is -1.99. The van der Waals surface area contributed by atoms with Gasteiger partial charge in [0, 0.05) is 23.5 Å². The normalized spacial score (nSPS) is 14.2. The van der Waals surface area contributed by atoms with E-state index in [1.807, 2.05) is 30.3 Å². The van der Waals surface area contributed by atoms with Crippen molar-refractivity contribution in [1.29, 1.82) is 0 Å². The van der Waals surface area contributed by atoms with Gasteiger partial charge in [0.1, 0.15) is 16.0 Å². The van der Waals surface area contributed by atoms with Crippen LogP contribution < -0.4 is 0 Å². The van der Waals surface area contributed by atoms with Crippen LogP contribution in [0.3, 0.4) is 0 Å². The van der Waals surface area contributed by atoms with E-state index in [2.05, 4.69) is 23.2 Å². The van der Waals surface area contributed by atoms with Gasteiger partial charge in [-0.2, -0.15) is 5.10 Å². The van der Waals surface area contributed by atoms with Crippen LogP contribution in [0.4, 0.5) is 0 Å². The molecule has 0 amide bonds. The average Bonchev–Trinajstić information content (AvgIpc) is 3.15. The summed E-state index contributed by atoms with van der Waals surface area (Å²) in [7, 11) is 0. The third-order valence-electron chi connectivity index (χ3n) is 5.27. The minimum Gasteiger partial charge on any atom is -0.264 e. The van der Waals surface area contributed by atoms with Gasteiger partial charge >= 0.3 is 0 Å². The molecule has 0 N–H and O–H groups in total. The Balaban J connectivity index is 1.83. The Kier molecular flexibility index (Phi) is 4.82. The third kappa shape index (κ3) is 3.22. The quantitative estimate of drug-likeness (QED) is 0.345. The first-order valence-electron chi connectivity index (χ1n) is 9.67. The van der Waals surface area contributed by atoms with E-state index < -0.39 is 0 Å². The van der Waals surface area contributed by atoms with Crippen molar-refractivity contribution in [3.8, 4) is 22.4 Å². The molecule has 1 aliphatic rings. The third-order valence-corrected chi connectivity index (χ3v) is 5.90. The van der Waals surface area contributed by atoms with E-state index in [1.54, 1.807) is 16.9 Å². The SMILES string of the molecule is Clc1nc2c(C3=CCCCC3)c(-c3ccccc3)nn2c(Cl)c1-c1cccnc1. The summed E-state index contributed by atoms with van der Waals surface area (Å²) in [5.74, 6) is 0. The first kappa shape index (κ1) is 18.3. The number of aromatic nitrogens is 4. The summed E-state index contributed by atoms with van der Waals surface area (Å²) in [5, 5.41) is 5.68. The largest absolute Gasteiger partial charge is 0.264 e. The maximum Gasteiger partial charge on any atom is 0.166 e. The van der Waals surface area contributed by atoms with Crippen molar-refractivity contribution in [1.82, 2.24) is 19.6 Å². The zero-order valence-electron chi connectivity index (χ0n) is 15.6. The molecule has 0 saturated heterocycles. The molecule has 0 unspecified atom stereocenters. The van der Waals surface area contributed by atoms with E-state index in [4.69, 9.17) is 33.3 Å². The number of halogens is 2. The first-order valence-corrected chi connectivity index (χ1v) is 10.4. The molecule has 1 aliphatic carbocycles. The van der Waals surface area contributed by atoms with Gasteiger partial charge in [0.2, 0.25) is 0 Å². The Morgan fingerprint density at radius 3 is 2.45 bits per heavy atom. The van der Waals surface area contributed by atoms with Gasteiger partial charge in [0.25, 0.3) is 0 Å². The Morgan fingerprint density at radius 2 is 1.72 bits per heavy atom. The lowest BCUT2D eigenvalue weighted by atomic mass is 9.92. The fourth-order valence-corrected chi connectivity index (χ4v) is 4.54. The highest BCUT2D eigenvalue weighted by atomic mass is 35.5. The molecule has 5 rings (SSSR count). The molecule has 1 aromatic carbocycles. The lowest BCUT2D eigenvalue weighted by Gasteiger charge is -2.13. The number of rotatable bonds is 3. The maximum atomic E-state index is 6.82. The summed E-state index contributed by atoms with van der Waals surface area (Å²) in [5.41, 5.74) is 6.35. The van der Waals surface area contributed by atoms with Gasteiger partial charge < -0.3 is 0 Å². The number of nitrogens with zero attached hydrogens (tertiary/aromatic N) is 4. The average molecular weight is 421 g/mol. The highest BCUT2D eigenvalue weighted by Crippen LogP contribution is 2.40. The minimum atomic E-state index is 0.354. The molecule has 0 fully saturated rings. The molecule has 4 nitrogen and oxygen atoms in total. The second-order valence-corrected chi connectivity index (χ2v) is 7.83. The van der Waals surface area contributed by atoms with Crippen LogP contribution in [-0.2, 0) is 0 Å². The number of hydrogen-bond acceptors (Lipinski definition) is 3. The van der Waals surface area contributed by atoms with Gasteiger partial charge in [-0.05, 0) is 37.3 Å². The molecule has 0 spiro atoms. The Hall–Kier alpha value is -2.69. The van der Waals surface area contributed by atoms with Gasteiger partial charge in [-0.1, -0.05) is 65.7 Å².